The van der Waals surface area contributed by atoms with Gasteiger partial charge < -0.3 is 9.47 Å². The number of aliphatic imine (C=N–C) groups is 1. The summed E-state index contributed by atoms with van der Waals surface area (Å²) in [6.45, 7) is 0.343. The lowest BCUT2D eigenvalue weighted by Gasteiger charge is -2.07. The van der Waals surface area contributed by atoms with Gasteiger partial charge >= 0.3 is 5.97 Å². The van der Waals surface area contributed by atoms with E-state index in [1.165, 1.54) is 6.08 Å². The van der Waals surface area contributed by atoms with Gasteiger partial charge in [-0.2, -0.15) is 0 Å². The van der Waals surface area contributed by atoms with Gasteiger partial charge in [0.25, 0.3) is 0 Å². The lowest BCUT2D eigenvalue weighted by molar-refractivity contribution is -0.129. The van der Waals surface area contributed by atoms with Gasteiger partial charge in [0.15, 0.2) is 17.3 Å². The molecule has 0 N–H and O–H groups in total. The van der Waals surface area contributed by atoms with Crippen LogP contribution < -0.4 is 4.74 Å². The quantitative estimate of drug-likeness (QED) is 0.259. The number of carbonyl (C=O) groups is 1. The summed E-state index contributed by atoms with van der Waals surface area (Å²) in [6, 6.07) is 15.9. The van der Waals surface area contributed by atoms with Crippen LogP contribution in [0, 0.1) is 11.6 Å². The Morgan fingerprint density at radius 1 is 1.00 bits per heavy atom. The van der Waals surface area contributed by atoms with Crippen molar-refractivity contribution in [2.24, 2.45) is 4.99 Å². The summed E-state index contributed by atoms with van der Waals surface area (Å²) < 4.78 is 37.7. The molecule has 1 heterocycles. The molecule has 31 heavy (non-hydrogen) atoms. The maximum Gasteiger partial charge on any atom is 0.363 e. The molecule has 4 nitrogen and oxygen atoms in total. The number of rotatable bonds is 5. The Morgan fingerprint density at radius 3 is 2.52 bits per heavy atom. The number of esters is 1. The van der Waals surface area contributed by atoms with Gasteiger partial charge in [-0.05, 0) is 53.6 Å². The van der Waals surface area contributed by atoms with Gasteiger partial charge in [0.1, 0.15) is 12.4 Å². The molecule has 0 bridgehead atoms. The van der Waals surface area contributed by atoms with Crippen LogP contribution in [0.25, 0.3) is 6.08 Å². The van der Waals surface area contributed by atoms with Crippen LogP contribution in [0.5, 0.6) is 5.75 Å². The minimum atomic E-state index is -1.12. The fraction of sp³-hybridized carbons (Fsp3) is 0.0435. The highest BCUT2D eigenvalue weighted by Gasteiger charge is 2.26. The smallest absolute Gasteiger partial charge is 0.363 e. The Kier molecular flexibility index (Phi) is 6.02. The fourth-order valence-electron chi connectivity index (χ4n) is 2.81. The highest BCUT2D eigenvalue weighted by Crippen LogP contribution is 2.26. The van der Waals surface area contributed by atoms with E-state index in [9.17, 15) is 13.6 Å². The Morgan fingerprint density at radius 2 is 1.74 bits per heavy atom. The van der Waals surface area contributed by atoms with Gasteiger partial charge in [0.05, 0.1) is 10.6 Å². The molecule has 3 aromatic rings. The maximum absolute atomic E-state index is 13.5. The summed E-state index contributed by atoms with van der Waals surface area (Å²) >= 11 is 11.8. The molecular weight excluding hydrogens is 447 g/mol. The molecule has 0 atom stereocenters. The standard InChI is InChI=1S/C23H13Cl2F2NO3/c24-15-6-4-13(5-7-15)12-30-16-3-1-2-14(8-16)9-21-23(29)31-22(28-21)17-10-19(26)20(27)11-18(17)25/h1-11H,12H2/b21-9+. The Hall–Kier alpha value is -3.22. The van der Waals surface area contributed by atoms with Gasteiger partial charge in [-0.1, -0.05) is 47.5 Å². The zero-order valence-electron chi connectivity index (χ0n) is 15.7. The third-order valence-corrected chi connectivity index (χ3v) is 4.91. The van der Waals surface area contributed by atoms with E-state index in [-0.39, 0.29) is 22.2 Å². The van der Waals surface area contributed by atoms with Crippen molar-refractivity contribution in [1.29, 1.82) is 0 Å². The van der Waals surface area contributed by atoms with Gasteiger partial charge in [0.2, 0.25) is 5.90 Å². The third-order valence-electron chi connectivity index (χ3n) is 4.34. The van der Waals surface area contributed by atoms with Crippen LogP contribution in [0.1, 0.15) is 16.7 Å². The molecule has 0 unspecified atom stereocenters. The monoisotopic (exact) mass is 459 g/mol. The molecule has 0 radical (unpaired) electrons. The Bertz CT molecular complexity index is 1220. The average Bonchev–Trinajstić information content (AvgIpc) is 3.10. The predicted molar refractivity (Wildman–Crippen MR) is 114 cm³/mol. The minimum Gasteiger partial charge on any atom is -0.489 e. The van der Waals surface area contributed by atoms with Crippen LogP contribution in [0.15, 0.2) is 71.4 Å². The first-order valence-electron chi connectivity index (χ1n) is 9.04. The van der Waals surface area contributed by atoms with E-state index in [4.69, 9.17) is 32.7 Å². The van der Waals surface area contributed by atoms with Gasteiger partial charge in [-0.15, -0.1) is 0 Å². The first-order valence-corrected chi connectivity index (χ1v) is 9.79. The van der Waals surface area contributed by atoms with Crippen LogP contribution >= 0.6 is 23.2 Å². The van der Waals surface area contributed by atoms with E-state index in [0.29, 0.717) is 22.9 Å². The van der Waals surface area contributed by atoms with Crippen LogP contribution in [-0.4, -0.2) is 11.9 Å². The van der Waals surface area contributed by atoms with E-state index in [0.717, 1.165) is 17.7 Å². The largest absolute Gasteiger partial charge is 0.489 e. The maximum atomic E-state index is 13.5. The number of nitrogens with zero attached hydrogens (tertiary/aromatic N) is 1. The summed E-state index contributed by atoms with van der Waals surface area (Å²) in [5, 5.41) is 0.523. The number of benzene rings is 3. The highest BCUT2D eigenvalue weighted by molar-refractivity contribution is 6.34. The molecule has 3 aromatic carbocycles. The van der Waals surface area contributed by atoms with Crippen molar-refractivity contribution in [3.8, 4) is 5.75 Å². The minimum absolute atomic E-state index is 0.00866. The molecule has 8 heteroatoms. The molecule has 0 saturated heterocycles. The van der Waals surface area contributed by atoms with Crippen molar-refractivity contribution in [2.75, 3.05) is 0 Å². The molecule has 0 aliphatic carbocycles. The predicted octanol–water partition coefficient (Wildman–Crippen LogP) is 6.20. The summed E-state index contributed by atoms with van der Waals surface area (Å²) in [7, 11) is 0. The topological polar surface area (TPSA) is 47.9 Å². The number of hydrogen-bond donors (Lipinski definition) is 0. The number of cyclic esters (lactones) is 1. The van der Waals surface area contributed by atoms with Gasteiger partial charge in [-0.25, -0.2) is 18.6 Å². The van der Waals surface area contributed by atoms with Crippen molar-refractivity contribution < 1.29 is 23.0 Å². The van der Waals surface area contributed by atoms with Crippen molar-refractivity contribution in [3.05, 3.63) is 105 Å². The summed E-state index contributed by atoms with van der Waals surface area (Å²) in [5.41, 5.74) is 1.56. The number of halogens is 4. The van der Waals surface area contributed by atoms with Gasteiger partial charge in [-0.3, -0.25) is 0 Å². The lowest BCUT2D eigenvalue weighted by Crippen LogP contribution is -2.07. The van der Waals surface area contributed by atoms with Crippen molar-refractivity contribution >= 4 is 41.1 Å². The van der Waals surface area contributed by atoms with E-state index in [2.05, 4.69) is 4.99 Å². The Balaban J connectivity index is 1.54. The molecule has 0 aromatic heterocycles. The lowest BCUT2D eigenvalue weighted by atomic mass is 10.2. The normalized spacial score (nSPS) is 14.5. The van der Waals surface area contributed by atoms with E-state index < -0.39 is 17.6 Å². The molecule has 1 aliphatic rings. The molecule has 0 fully saturated rings. The van der Waals surface area contributed by atoms with Crippen LogP contribution in [0.3, 0.4) is 0 Å². The molecular formula is C23H13Cl2F2NO3. The van der Waals surface area contributed by atoms with E-state index in [1.807, 2.05) is 12.1 Å². The molecule has 156 valence electrons. The molecule has 4 rings (SSSR count). The summed E-state index contributed by atoms with van der Waals surface area (Å²) in [6.07, 6.45) is 1.50. The number of ether oxygens (including phenoxy) is 2. The Labute approximate surface area is 186 Å². The molecule has 0 saturated carbocycles. The average molecular weight is 460 g/mol. The second-order valence-corrected chi connectivity index (χ2v) is 7.41. The third kappa shape index (κ3) is 4.93. The second-order valence-electron chi connectivity index (χ2n) is 6.57. The molecule has 1 aliphatic heterocycles. The van der Waals surface area contributed by atoms with Crippen molar-refractivity contribution in [1.82, 2.24) is 0 Å². The van der Waals surface area contributed by atoms with Crippen molar-refractivity contribution in [2.45, 2.75) is 6.61 Å². The highest BCUT2D eigenvalue weighted by atomic mass is 35.5. The summed E-state index contributed by atoms with van der Waals surface area (Å²) in [4.78, 5) is 16.3. The van der Waals surface area contributed by atoms with Gasteiger partial charge in [0, 0.05) is 5.02 Å². The first kappa shape index (κ1) is 21.0. The second kappa shape index (κ2) is 8.88. The van der Waals surface area contributed by atoms with E-state index in [1.54, 1.807) is 36.4 Å². The summed E-state index contributed by atoms with van der Waals surface area (Å²) in [5.74, 6) is -2.58. The van der Waals surface area contributed by atoms with Crippen LogP contribution in [0.4, 0.5) is 8.78 Å². The number of carbonyl (C=O) groups excluding carboxylic acids is 1. The van der Waals surface area contributed by atoms with Crippen molar-refractivity contribution in [3.63, 3.8) is 0 Å². The molecule has 0 spiro atoms. The van der Waals surface area contributed by atoms with Crippen LogP contribution in [-0.2, 0) is 16.1 Å². The first-order chi connectivity index (χ1) is 14.9. The van der Waals surface area contributed by atoms with Crippen LogP contribution in [0.2, 0.25) is 10.0 Å². The van der Waals surface area contributed by atoms with E-state index >= 15 is 0 Å². The zero-order chi connectivity index (χ0) is 22.0. The number of hydrogen-bond acceptors (Lipinski definition) is 4. The fourth-order valence-corrected chi connectivity index (χ4v) is 3.17. The SMILES string of the molecule is O=C1OC(c2cc(F)c(F)cc2Cl)=N/C1=C/c1cccc(OCc2ccc(Cl)cc2)c1. The molecule has 0 amide bonds. The zero-order valence-corrected chi connectivity index (χ0v) is 17.3.